The third kappa shape index (κ3) is 4.20. The zero-order valence-corrected chi connectivity index (χ0v) is 17.5. The number of fused-ring (bicyclic) bond motifs is 1. The molecule has 0 unspecified atom stereocenters. The van der Waals surface area contributed by atoms with E-state index in [4.69, 9.17) is 9.15 Å². The third-order valence-electron chi connectivity index (χ3n) is 4.66. The van der Waals surface area contributed by atoms with Gasteiger partial charge >= 0.3 is 0 Å². The predicted octanol–water partition coefficient (Wildman–Crippen LogP) is 6.15. The first-order chi connectivity index (χ1) is 14.4. The highest BCUT2D eigenvalue weighted by atomic mass is 16.5. The van der Waals surface area contributed by atoms with Gasteiger partial charge < -0.3 is 14.5 Å². The van der Waals surface area contributed by atoms with Gasteiger partial charge in [0, 0.05) is 16.8 Å². The molecule has 1 aromatic heterocycles. The van der Waals surface area contributed by atoms with Gasteiger partial charge in [-0.1, -0.05) is 18.2 Å². The summed E-state index contributed by atoms with van der Waals surface area (Å²) in [5.41, 5.74) is 5.82. The molecule has 0 fully saturated rings. The Morgan fingerprint density at radius 2 is 1.83 bits per heavy atom. The molecule has 1 amide bonds. The summed E-state index contributed by atoms with van der Waals surface area (Å²) < 4.78 is 11.7. The lowest BCUT2D eigenvalue weighted by Gasteiger charge is -2.11. The highest BCUT2D eigenvalue weighted by molar-refractivity contribution is 6.04. The number of nitrogens with one attached hydrogen (secondary N) is 1. The van der Waals surface area contributed by atoms with E-state index in [-0.39, 0.29) is 12.0 Å². The van der Waals surface area contributed by atoms with Gasteiger partial charge in [-0.3, -0.25) is 4.79 Å². The van der Waals surface area contributed by atoms with Crippen LogP contribution in [0.1, 0.15) is 35.3 Å². The van der Waals surface area contributed by atoms with Crippen LogP contribution in [0.3, 0.4) is 0 Å². The topological polar surface area (TPSA) is 64.4 Å². The lowest BCUT2D eigenvalue weighted by atomic mass is 10.1. The molecular weight excluding hydrogens is 376 g/mol. The molecule has 0 aliphatic rings. The molecule has 0 aliphatic carbocycles. The van der Waals surface area contributed by atoms with Crippen LogP contribution in [0.5, 0.6) is 5.75 Å². The van der Waals surface area contributed by atoms with E-state index in [2.05, 4.69) is 16.4 Å². The summed E-state index contributed by atoms with van der Waals surface area (Å²) in [6.45, 7) is 7.95. The number of aryl methyl sites for hydroxylation is 2. The van der Waals surface area contributed by atoms with Crippen LogP contribution in [0, 0.1) is 13.8 Å². The molecular formula is C25H24N2O3. The minimum Gasteiger partial charge on any atom is -0.491 e. The minimum atomic E-state index is -0.203. The van der Waals surface area contributed by atoms with Crippen molar-refractivity contribution in [3.05, 3.63) is 77.4 Å². The van der Waals surface area contributed by atoms with Crippen molar-refractivity contribution in [2.24, 2.45) is 0 Å². The smallest absolute Gasteiger partial charge is 0.255 e. The number of hydrogen-bond donors (Lipinski definition) is 1. The van der Waals surface area contributed by atoms with Crippen molar-refractivity contribution >= 4 is 22.7 Å². The number of benzene rings is 3. The van der Waals surface area contributed by atoms with E-state index in [1.807, 2.05) is 70.2 Å². The van der Waals surface area contributed by atoms with Gasteiger partial charge in [0.05, 0.1) is 6.10 Å². The fourth-order valence-corrected chi connectivity index (χ4v) is 3.42. The van der Waals surface area contributed by atoms with Gasteiger partial charge in [0.15, 0.2) is 5.58 Å². The van der Waals surface area contributed by atoms with Crippen LogP contribution in [0.15, 0.2) is 65.1 Å². The molecule has 0 saturated carbocycles. The zero-order chi connectivity index (χ0) is 21.3. The van der Waals surface area contributed by atoms with Crippen LogP contribution in [-0.2, 0) is 0 Å². The summed E-state index contributed by atoms with van der Waals surface area (Å²) in [6, 6.07) is 18.7. The molecule has 3 aromatic carbocycles. The van der Waals surface area contributed by atoms with Crippen molar-refractivity contribution in [1.82, 2.24) is 4.98 Å². The van der Waals surface area contributed by atoms with Crippen LogP contribution in [0.4, 0.5) is 5.69 Å². The standard InChI is InChI=1S/C25H24N2O3/c1-15(2)29-21-10-6-7-18(14-21)24(28)26-20-9-5-8-19(13-20)25-27-22-12-16(3)11-17(4)23(22)30-25/h5-15H,1-4H3,(H,26,28). The number of carbonyl (C=O) groups excluding carboxylic acids is 1. The van der Waals surface area contributed by atoms with Gasteiger partial charge in [-0.05, 0) is 81.3 Å². The molecule has 1 N–H and O–H groups in total. The number of amides is 1. The Hall–Kier alpha value is -3.60. The second-order valence-electron chi connectivity index (χ2n) is 7.68. The molecule has 0 saturated heterocycles. The number of nitrogens with zero attached hydrogens (tertiary/aromatic N) is 1. The van der Waals surface area contributed by atoms with Crippen molar-refractivity contribution in [1.29, 1.82) is 0 Å². The van der Waals surface area contributed by atoms with Crippen LogP contribution >= 0.6 is 0 Å². The second-order valence-corrected chi connectivity index (χ2v) is 7.68. The maximum Gasteiger partial charge on any atom is 0.255 e. The Labute approximate surface area is 175 Å². The largest absolute Gasteiger partial charge is 0.491 e. The number of rotatable bonds is 5. The lowest BCUT2D eigenvalue weighted by Crippen LogP contribution is -2.12. The van der Waals surface area contributed by atoms with Gasteiger partial charge in [-0.15, -0.1) is 0 Å². The molecule has 4 aromatic rings. The first-order valence-corrected chi connectivity index (χ1v) is 9.95. The molecule has 152 valence electrons. The van der Waals surface area contributed by atoms with Gasteiger partial charge in [0.2, 0.25) is 5.89 Å². The molecule has 30 heavy (non-hydrogen) atoms. The first-order valence-electron chi connectivity index (χ1n) is 9.95. The Morgan fingerprint density at radius 3 is 2.63 bits per heavy atom. The molecule has 0 spiro atoms. The SMILES string of the molecule is Cc1cc(C)c2oc(-c3cccc(NC(=O)c4cccc(OC(C)C)c4)c3)nc2c1. The quantitative estimate of drug-likeness (QED) is 0.436. The van der Waals surface area contributed by atoms with Gasteiger partial charge in [-0.2, -0.15) is 0 Å². The fraction of sp³-hybridized carbons (Fsp3) is 0.200. The van der Waals surface area contributed by atoms with Gasteiger partial charge in [-0.25, -0.2) is 4.98 Å². The van der Waals surface area contributed by atoms with Crippen molar-refractivity contribution in [2.75, 3.05) is 5.32 Å². The van der Waals surface area contributed by atoms with E-state index in [0.717, 1.165) is 27.8 Å². The molecule has 1 heterocycles. The number of anilines is 1. The van der Waals surface area contributed by atoms with Gasteiger partial charge in [0.25, 0.3) is 5.91 Å². The molecule has 5 heteroatoms. The Bertz CT molecular complexity index is 1220. The van der Waals surface area contributed by atoms with E-state index >= 15 is 0 Å². The van der Waals surface area contributed by atoms with Crippen molar-refractivity contribution in [3.63, 3.8) is 0 Å². The van der Waals surface area contributed by atoms with Gasteiger partial charge in [0.1, 0.15) is 11.3 Å². The zero-order valence-electron chi connectivity index (χ0n) is 17.5. The minimum absolute atomic E-state index is 0.0451. The summed E-state index contributed by atoms with van der Waals surface area (Å²) in [4.78, 5) is 17.3. The molecule has 0 atom stereocenters. The van der Waals surface area contributed by atoms with Crippen molar-refractivity contribution in [3.8, 4) is 17.2 Å². The normalized spacial score (nSPS) is 11.1. The molecule has 0 aliphatic heterocycles. The number of carbonyl (C=O) groups is 1. The summed E-state index contributed by atoms with van der Waals surface area (Å²) in [6.07, 6.45) is 0.0451. The third-order valence-corrected chi connectivity index (χ3v) is 4.66. The average molecular weight is 400 g/mol. The number of ether oxygens (including phenoxy) is 1. The predicted molar refractivity (Wildman–Crippen MR) is 119 cm³/mol. The summed E-state index contributed by atoms with van der Waals surface area (Å²) in [5.74, 6) is 0.996. The number of aromatic nitrogens is 1. The lowest BCUT2D eigenvalue weighted by molar-refractivity contribution is 0.102. The number of hydrogen-bond acceptors (Lipinski definition) is 4. The van der Waals surface area contributed by atoms with Crippen molar-refractivity contribution in [2.45, 2.75) is 33.8 Å². The monoisotopic (exact) mass is 400 g/mol. The van der Waals surface area contributed by atoms with E-state index in [9.17, 15) is 4.79 Å². The maximum absolute atomic E-state index is 12.7. The Morgan fingerprint density at radius 1 is 1.03 bits per heavy atom. The highest BCUT2D eigenvalue weighted by Crippen LogP contribution is 2.29. The molecule has 4 rings (SSSR count). The summed E-state index contributed by atoms with van der Waals surface area (Å²) in [5, 5.41) is 2.94. The first kappa shape index (κ1) is 19.7. The summed E-state index contributed by atoms with van der Waals surface area (Å²) >= 11 is 0. The summed E-state index contributed by atoms with van der Waals surface area (Å²) in [7, 11) is 0. The molecule has 5 nitrogen and oxygen atoms in total. The average Bonchev–Trinajstić information content (AvgIpc) is 3.12. The van der Waals surface area contributed by atoms with Crippen molar-refractivity contribution < 1.29 is 13.9 Å². The van der Waals surface area contributed by atoms with E-state index < -0.39 is 0 Å². The van der Waals surface area contributed by atoms with E-state index in [1.165, 1.54) is 0 Å². The van der Waals surface area contributed by atoms with Crippen LogP contribution in [0.25, 0.3) is 22.6 Å². The second kappa shape index (κ2) is 8.03. The number of oxazole rings is 1. The van der Waals surface area contributed by atoms with Crippen LogP contribution in [-0.4, -0.2) is 17.0 Å². The molecule has 0 radical (unpaired) electrons. The van der Waals surface area contributed by atoms with E-state index in [0.29, 0.717) is 22.9 Å². The maximum atomic E-state index is 12.7. The molecule has 0 bridgehead atoms. The van der Waals surface area contributed by atoms with E-state index in [1.54, 1.807) is 12.1 Å². The Kier molecular flexibility index (Phi) is 5.27. The Balaban J connectivity index is 1.58. The van der Waals surface area contributed by atoms with Crippen LogP contribution < -0.4 is 10.1 Å². The highest BCUT2D eigenvalue weighted by Gasteiger charge is 2.13. The van der Waals surface area contributed by atoms with Crippen LogP contribution in [0.2, 0.25) is 0 Å². The fourth-order valence-electron chi connectivity index (χ4n) is 3.42.